The van der Waals surface area contributed by atoms with E-state index in [-0.39, 0.29) is 5.02 Å². The van der Waals surface area contributed by atoms with Crippen molar-refractivity contribution in [2.24, 2.45) is 0 Å². The van der Waals surface area contributed by atoms with Gasteiger partial charge >= 0.3 is 0 Å². The van der Waals surface area contributed by atoms with Gasteiger partial charge in [0, 0.05) is 10.9 Å². The maximum Gasteiger partial charge on any atom is 0.141 e. The van der Waals surface area contributed by atoms with Gasteiger partial charge in [0.15, 0.2) is 0 Å². The van der Waals surface area contributed by atoms with E-state index in [0.717, 1.165) is 16.3 Å². The first-order valence-corrected chi connectivity index (χ1v) is 6.24. The third-order valence-corrected chi connectivity index (χ3v) is 3.48. The molecule has 0 atom stereocenters. The first kappa shape index (κ1) is 11.6. The van der Waals surface area contributed by atoms with Crippen LogP contribution in [0.25, 0.3) is 10.6 Å². The van der Waals surface area contributed by atoms with Crippen LogP contribution < -0.4 is 0 Å². The van der Waals surface area contributed by atoms with Crippen LogP contribution in [0.15, 0.2) is 23.6 Å². The SMILES string of the molecule is CC(C)c1csc(-c2ccc(F)c(Cl)c2)n1. The fourth-order valence-corrected chi connectivity index (χ4v) is 2.47. The quantitative estimate of drug-likeness (QED) is 0.756. The number of thiazole rings is 1. The summed E-state index contributed by atoms with van der Waals surface area (Å²) >= 11 is 7.29. The second-order valence-electron chi connectivity index (χ2n) is 3.86. The number of rotatable bonds is 2. The third-order valence-electron chi connectivity index (χ3n) is 2.28. The minimum Gasteiger partial charge on any atom is -0.241 e. The van der Waals surface area contributed by atoms with Crippen LogP contribution in [0.2, 0.25) is 5.02 Å². The van der Waals surface area contributed by atoms with E-state index < -0.39 is 5.82 Å². The fraction of sp³-hybridized carbons (Fsp3) is 0.250. The summed E-state index contributed by atoms with van der Waals surface area (Å²) in [5.74, 6) is 0.00646. The van der Waals surface area contributed by atoms with Gasteiger partial charge in [0.25, 0.3) is 0 Å². The monoisotopic (exact) mass is 255 g/mol. The average Bonchev–Trinajstić information content (AvgIpc) is 2.71. The summed E-state index contributed by atoms with van der Waals surface area (Å²) in [5.41, 5.74) is 1.92. The minimum atomic E-state index is -0.397. The van der Waals surface area contributed by atoms with Crippen molar-refractivity contribution < 1.29 is 4.39 Å². The first-order chi connectivity index (χ1) is 7.58. The van der Waals surface area contributed by atoms with Crippen LogP contribution in [0, 0.1) is 5.82 Å². The van der Waals surface area contributed by atoms with E-state index in [0.29, 0.717) is 5.92 Å². The van der Waals surface area contributed by atoms with Crippen molar-refractivity contribution in [3.05, 3.63) is 40.1 Å². The van der Waals surface area contributed by atoms with Crippen molar-refractivity contribution in [1.82, 2.24) is 4.98 Å². The molecule has 1 aromatic heterocycles. The summed E-state index contributed by atoms with van der Waals surface area (Å²) in [7, 11) is 0. The van der Waals surface area contributed by atoms with E-state index in [2.05, 4.69) is 18.8 Å². The molecule has 0 aliphatic heterocycles. The Balaban J connectivity index is 2.39. The second-order valence-corrected chi connectivity index (χ2v) is 5.13. The van der Waals surface area contributed by atoms with Gasteiger partial charge in [0.05, 0.1) is 10.7 Å². The van der Waals surface area contributed by atoms with Gasteiger partial charge in [0.1, 0.15) is 10.8 Å². The van der Waals surface area contributed by atoms with Crippen molar-refractivity contribution in [2.45, 2.75) is 19.8 Å². The van der Waals surface area contributed by atoms with E-state index in [1.165, 1.54) is 6.07 Å². The molecule has 0 saturated heterocycles. The number of aromatic nitrogens is 1. The van der Waals surface area contributed by atoms with Crippen molar-refractivity contribution >= 4 is 22.9 Å². The van der Waals surface area contributed by atoms with E-state index in [4.69, 9.17) is 11.6 Å². The molecule has 0 aliphatic carbocycles. The summed E-state index contributed by atoms with van der Waals surface area (Å²) in [4.78, 5) is 4.49. The van der Waals surface area contributed by atoms with Crippen LogP contribution in [0.4, 0.5) is 4.39 Å². The van der Waals surface area contributed by atoms with Crippen LogP contribution in [0.1, 0.15) is 25.5 Å². The van der Waals surface area contributed by atoms with E-state index in [1.54, 1.807) is 23.5 Å². The van der Waals surface area contributed by atoms with Crippen molar-refractivity contribution in [3.8, 4) is 10.6 Å². The maximum atomic E-state index is 13.0. The van der Waals surface area contributed by atoms with Gasteiger partial charge in [-0.05, 0) is 24.1 Å². The molecule has 1 nitrogen and oxygen atoms in total. The van der Waals surface area contributed by atoms with Crippen LogP contribution in [0.3, 0.4) is 0 Å². The zero-order valence-corrected chi connectivity index (χ0v) is 10.6. The molecule has 4 heteroatoms. The molecule has 16 heavy (non-hydrogen) atoms. The molecule has 2 aromatic rings. The predicted molar refractivity (Wildman–Crippen MR) is 66.6 cm³/mol. The highest BCUT2D eigenvalue weighted by molar-refractivity contribution is 7.13. The summed E-state index contributed by atoms with van der Waals surface area (Å²) < 4.78 is 13.0. The zero-order chi connectivity index (χ0) is 11.7. The molecule has 84 valence electrons. The van der Waals surface area contributed by atoms with E-state index in [1.807, 2.05) is 5.38 Å². The molecule has 1 heterocycles. The first-order valence-electron chi connectivity index (χ1n) is 4.99. The van der Waals surface area contributed by atoms with E-state index in [9.17, 15) is 4.39 Å². The topological polar surface area (TPSA) is 12.9 Å². The molecule has 0 unspecified atom stereocenters. The number of halogens is 2. The van der Waals surface area contributed by atoms with E-state index >= 15 is 0 Å². The van der Waals surface area contributed by atoms with Gasteiger partial charge in [-0.3, -0.25) is 0 Å². The lowest BCUT2D eigenvalue weighted by atomic mass is 10.1. The highest BCUT2D eigenvalue weighted by atomic mass is 35.5. The highest BCUT2D eigenvalue weighted by Crippen LogP contribution is 2.29. The molecular weight excluding hydrogens is 245 g/mol. The van der Waals surface area contributed by atoms with Gasteiger partial charge in [-0.2, -0.15) is 0 Å². The Morgan fingerprint density at radius 1 is 1.38 bits per heavy atom. The summed E-state index contributed by atoms with van der Waals surface area (Å²) in [6.07, 6.45) is 0. The molecule has 0 saturated carbocycles. The molecule has 0 radical (unpaired) electrons. The summed E-state index contributed by atoms with van der Waals surface area (Å²) in [5, 5.41) is 3.04. The second kappa shape index (κ2) is 4.52. The molecule has 0 spiro atoms. The Bertz CT molecular complexity index is 507. The Kier molecular flexibility index (Phi) is 3.26. The molecular formula is C12H11ClFNS. The Hall–Kier alpha value is -0.930. The Labute approximate surface area is 103 Å². The van der Waals surface area contributed by atoms with Crippen LogP contribution in [-0.2, 0) is 0 Å². The third kappa shape index (κ3) is 2.25. The largest absolute Gasteiger partial charge is 0.241 e. The molecule has 0 amide bonds. The van der Waals surface area contributed by atoms with Crippen molar-refractivity contribution in [1.29, 1.82) is 0 Å². The normalized spacial score (nSPS) is 11.1. The molecule has 0 aliphatic rings. The predicted octanol–water partition coefficient (Wildman–Crippen LogP) is 4.73. The average molecular weight is 256 g/mol. The number of nitrogens with zero attached hydrogens (tertiary/aromatic N) is 1. The molecule has 0 bridgehead atoms. The molecule has 2 rings (SSSR count). The van der Waals surface area contributed by atoms with Gasteiger partial charge in [0.2, 0.25) is 0 Å². The summed E-state index contributed by atoms with van der Waals surface area (Å²) in [6.45, 7) is 4.19. The van der Waals surface area contributed by atoms with Crippen LogP contribution >= 0.6 is 22.9 Å². The van der Waals surface area contributed by atoms with Gasteiger partial charge in [-0.1, -0.05) is 25.4 Å². The van der Waals surface area contributed by atoms with Crippen molar-refractivity contribution in [3.63, 3.8) is 0 Å². The molecule has 0 N–H and O–H groups in total. The lowest BCUT2D eigenvalue weighted by molar-refractivity contribution is 0.628. The standard InChI is InChI=1S/C12H11ClFNS/c1-7(2)11-6-16-12(15-11)8-3-4-10(14)9(13)5-8/h3-7H,1-2H3. The Morgan fingerprint density at radius 3 is 2.69 bits per heavy atom. The fourth-order valence-electron chi connectivity index (χ4n) is 1.31. The number of hydrogen-bond donors (Lipinski definition) is 0. The van der Waals surface area contributed by atoms with Gasteiger partial charge < -0.3 is 0 Å². The van der Waals surface area contributed by atoms with Gasteiger partial charge in [-0.25, -0.2) is 9.37 Å². The summed E-state index contributed by atoms with van der Waals surface area (Å²) in [6, 6.07) is 4.68. The van der Waals surface area contributed by atoms with Crippen LogP contribution in [-0.4, -0.2) is 4.98 Å². The number of hydrogen-bond acceptors (Lipinski definition) is 2. The minimum absolute atomic E-state index is 0.138. The van der Waals surface area contributed by atoms with Crippen LogP contribution in [0.5, 0.6) is 0 Å². The maximum absolute atomic E-state index is 13.0. The smallest absolute Gasteiger partial charge is 0.141 e. The molecule has 0 fully saturated rings. The zero-order valence-electron chi connectivity index (χ0n) is 9.00. The lowest BCUT2D eigenvalue weighted by Crippen LogP contribution is -1.87. The van der Waals surface area contributed by atoms with Crippen molar-refractivity contribution in [2.75, 3.05) is 0 Å². The number of benzene rings is 1. The van der Waals surface area contributed by atoms with Gasteiger partial charge in [-0.15, -0.1) is 11.3 Å². The molecule has 1 aromatic carbocycles. The Morgan fingerprint density at radius 2 is 2.12 bits per heavy atom. The highest BCUT2D eigenvalue weighted by Gasteiger charge is 2.09. The lowest BCUT2D eigenvalue weighted by Gasteiger charge is -1.99.